The largest absolute Gasteiger partial charge is 0.496 e. The van der Waals surface area contributed by atoms with Crippen molar-refractivity contribution in [3.63, 3.8) is 0 Å². The first kappa shape index (κ1) is 20.9. The van der Waals surface area contributed by atoms with Gasteiger partial charge >= 0.3 is 5.69 Å². The van der Waals surface area contributed by atoms with Crippen LogP contribution in [0.1, 0.15) is 16.8 Å². The smallest absolute Gasteiger partial charge is 0.329 e. The van der Waals surface area contributed by atoms with E-state index < -0.39 is 5.82 Å². The lowest BCUT2D eigenvalue weighted by atomic mass is 10.0. The first-order valence-corrected chi connectivity index (χ1v) is 10.5. The quantitative estimate of drug-likeness (QED) is 0.422. The summed E-state index contributed by atoms with van der Waals surface area (Å²) in [6.07, 6.45) is 6.37. The maximum absolute atomic E-state index is 14.6. The van der Waals surface area contributed by atoms with Gasteiger partial charge in [-0.05, 0) is 25.5 Å². The lowest BCUT2D eigenvalue weighted by Crippen LogP contribution is -2.23. The number of ether oxygens (including phenoxy) is 1. The Morgan fingerprint density at radius 3 is 2.55 bits per heavy atom. The minimum absolute atomic E-state index is 0.0861. The second kappa shape index (κ2) is 7.54. The number of nitrogens with zero attached hydrogens (tertiary/aromatic N) is 6. The highest BCUT2D eigenvalue weighted by atomic mass is 19.1. The van der Waals surface area contributed by atoms with Crippen LogP contribution in [0.2, 0.25) is 0 Å². The number of aromatic nitrogens is 6. The molecule has 5 rings (SSSR count). The Labute approximate surface area is 188 Å². The summed E-state index contributed by atoms with van der Waals surface area (Å²) in [7, 11) is 5.17. The van der Waals surface area contributed by atoms with Crippen molar-refractivity contribution in [2.45, 2.75) is 20.4 Å². The number of hydrogen-bond acceptors (Lipinski definition) is 5. The van der Waals surface area contributed by atoms with E-state index in [1.54, 1.807) is 42.7 Å². The summed E-state index contributed by atoms with van der Waals surface area (Å²) in [5.74, 6) is 0.219. The number of halogens is 1. The SMILES string of the molecule is COc1cc2ncc3c(c2cc1-c1cn(C)nc1C)n(Cc1c(C)cncc1F)c(=O)n3C. The maximum Gasteiger partial charge on any atom is 0.329 e. The third kappa shape index (κ3) is 3.19. The van der Waals surface area contributed by atoms with Crippen molar-refractivity contribution in [2.75, 3.05) is 7.11 Å². The highest BCUT2D eigenvalue weighted by Crippen LogP contribution is 2.37. The molecule has 0 aliphatic heterocycles. The Hall–Kier alpha value is -4.01. The Kier molecular flexibility index (Phi) is 4.77. The molecule has 0 aliphatic rings. The van der Waals surface area contributed by atoms with Crippen LogP contribution in [-0.4, -0.2) is 36.0 Å². The van der Waals surface area contributed by atoms with Crippen molar-refractivity contribution in [1.29, 1.82) is 0 Å². The van der Waals surface area contributed by atoms with E-state index in [-0.39, 0.29) is 12.2 Å². The summed E-state index contributed by atoms with van der Waals surface area (Å²) in [6, 6.07) is 3.83. The van der Waals surface area contributed by atoms with Gasteiger partial charge in [-0.25, -0.2) is 9.18 Å². The van der Waals surface area contributed by atoms with Gasteiger partial charge in [-0.2, -0.15) is 5.10 Å². The number of aryl methyl sites for hydroxylation is 4. The van der Waals surface area contributed by atoms with Gasteiger partial charge < -0.3 is 4.74 Å². The summed E-state index contributed by atoms with van der Waals surface area (Å²) in [6.45, 7) is 3.81. The van der Waals surface area contributed by atoms with Crippen molar-refractivity contribution in [1.82, 2.24) is 28.9 Å². The molecule has 0 fully saturated rings. The van der Waals surface area contributed by atoms with Crippen molar-refractivity contribution in [3.05, 3.63) is 70.0 Å². The van der Waals surface area contributed by atoms with Crippen molar-refractivity contribution >= 4 is 21.9 Å². The predicted octanol–water partition coefficient (Wildman–Crippen LogP) is 3.50. The van der Waals surface area contributed by atoms with Crippen LogP contribution in [0.5, 0.6) is 5.75 Å². The minimum Gasteiger partial charge on any atom is -0.496 e. The second-order valence-electron chi connectivity index (χ2n) is 8.21. The van der Waals surface area contributed by atoms with Gasteiger partial charge in [0.15, 0.2) is 0 Å². The number of imidazole rings is 1. The molecule has 4 aromatic heterocycles. The monoisotopic (exact) mass is 446 g/mol. The molecule has 0 unspecified atom stereocenters. The molecule has 5 aromatic rings. The van der Waals surface area contributed by atoms with Crippen LogP contribution in [0, 0.1) is 19.7 Å². The summed E-state index contributed by atoms with van der Waals surface area (Å²) < 4.78 is 25.1. The third-order valence-electron chi connectivity index (χ3n) is 6.13. The van der Waals surface area contributed by atoms with Crippen molar-refractivity contribution < 1.29 is 9.13 Å². The summed E-state index contributed by atoms with van der Waals surface area (Å²) in [5, 5.41) is 5.23. The first-order valence-electron chi connectivity index (χ1n) is 10.5. The number of fused-ring (bicyclic) bond motifs is 3. The fraction of sp³-hybridized carbons (Fsp3) is 0.250. The molecule has 0 N–H and O–H groups in total. The standard InChI is InChI=1S/C24H23FN6O2/c1-13-8-26-9-19(25)17(13)12-31-23-16-6-15(18-11-29(3)28-14(18)2)22(33-5)7-20(16)27-10-21(23)30(4)24(31)32/h6-11H,12H2,1-5H3. The molecule has 0 saturated heterocycles. The maximum atomic E-state index is 14.6. The Bertz CT molecular complexity index is 1590. The molecule has 0 radical (unpaired) electrons. The molecule has 1 aromatic carbocycles. The molecule has 0 atom stereocenters. The molecule has 0 amide bonds. The Morgan fingerprint density at radius 2 is 1.88 bits per heavy atom. The van der Waals surface area contributed by atoms with E-state index in [1.165, 1.54) is 10.8 Å². The van der Waals surface area contributed by atoms with Gasteiger partial charge in [-0.1, -0.05) is 0 Å². The average Bonchev–Trinajstić information content (AvgIpc) is 3.25. The zero-order valence-corrected chi connectivity index (χ0v) is 19.0. The van der Waals surface area contributed by atoms with Crippen LogP contribution in [0.3, 0.4) is 0 Å². The van der Waals surface area contributed by atoms with Crippen LogP contribution in [0.4, 0.5) is 4.39 Å². The summed E-state index contributed by atoms with van der Waals surface area (Å²) >= 11 is 0. The zero-order valence-electron chi connectivity index (χ0n) is 19.0. The van der Waals surface area contributed by atoms with Crippen LogP contribution in [0.25, 0.3) is 33.1 Å². The van der Waals surface area contributed by atoms with Crippen LogP contribution >= 0.6 is 0 Å². The van der Waals surface area contributed by atoms with Crippen LogP contribution < -0.4 is 10.4 Å². The molecular weight excluding hydrogens is 423 g/mol. The van der Waals surface area contributed by atoms with Crippen molar-refractivity contribution in [2.24, 2.45) is 14.1 Å². The van der Waals surface area contributed by atoms with E-state index in [1.807, 2.05) is 32.3 Å². The van der Waals surface area contributed by atoms with Crippen molar-refractivity contribution in [3.8, 4) is 16.9 Å². The highest BCUT2D eigenvalue weighted by Gasteiger charge is 2.20. The van der Waals surface area contributed by atoms with E-state index in [0.717, 1.165) is 22.2 Å². The number of hydrogen-bond donors (Lipinski definition) is 0. The molecule has 9 heteroatoms. The average molecular weight is 446 g/mol. The van der Waals surface area contributed by atoms with Gasteiger partial charge in [-0.15, -0.1) is 0 Å². The fourth-order valence-corrected chi connectivity index (χ4v) is 4.41. The lowest BCUT2D eigenvalue weighted by molar-refractivity contribution is 0.417. The molecule has 168 valence electrons. The van der Waals surface area contributed by atoms with Gasteiger partial charge in [-0.3, -0.25) is 23.8 Å². The van der Waals surface area contributed by atoms with E-state index in [2.05, 4.69) is 15.1 Å². The van der Waals surface area contributed by atoms with Gasteiger partial charge in [0.1, 0.15) is 11.6 Å². The van der Waals surface area contributed by atoms with Gasteiger partial charge in [0.05, 0.1) is 48.3 Å². The van der Waals surface area contributed by atoms with Gasteiger partial charge in [0.25, 0.3) is 0 Å². The Morgan fingerprint density at radius 1 is 1.09 bits per heavy atom. The normalized spacial score (nSPS) is 11.6. The predicted molar refractivity (Wildman–Crippen MR) is 124 cm³/mol. The van der Waals surface area contributed by atoms with E-state index >= 15 is 0 Å². The third-order valence-corrected chi connectivity index (χ3v) is 6.13. The second-order valence-corrected chi connectivity index (χ2v) is 8.21. The number of methoxy groups -OCH3 is 1. The number of pyridine rings is 2. The van der Waals surface area contributed by atoms with Crippen LogP contribution in [0.15, 0.2) is 41.7 Å². The summed E-state index contributed by atoms with van der Waals surface area (Å²) in [4.78, 5) is 21.7. The summed E-state index contributed by atoms with van der Waals surface area (Å²) in [5.41, 5.74) is 5.53. The van der Waals surface area contributed by atoms with Gasteiger partial charge in [0, 0.05) is 54.6 Å². The molecular formula is C24H23FN6O2. The van der Waals surface area contributed by atoms with E-state index in [4.69, 9.17) is 4.74 Å². The minimum atomic E-state index is -0.439. The Balaban J connectivity index is 1.85. The fourth-order valence-electron chi connectivity index (χ4n) is 4.41. The molecule has 4 heterocycles. The highest BCUT2D eigenvalue weighted by molar-refractivity contribution is 6.05. The lowest BCUT2D eigenvalue weighted by Gasteiger charge is -2.12. The molecule has 0 spiro atoms. The molecule has 8 nitrogen and oxygen atoms in total. The topological polar surface area (TPSA) is 79.8 Å². The molecule has 0 aliphatic carbocycles. The van der Waals surface area contributed by atoms with E-state index in [0.29, 0.717) is 33.4 Å². The molecule has 0 bridgehead atoms. The molecule has 0 saturated carbocycles. The van der Waals surface area contributed by atoms with E-state index in [9.17, 15) is 9.18 Å². The number of benzene rings is 1. The first-order chi connectivity index (χ1) is 15.8. The molecule has 33 heavy (non-hydrogen) atoms. The zero-order chi connectivity index (χ0) is 23.4. The van der Waals surface area contributed by atoms with Gasteiger partial charge in [0.2, 0.25) is 0 Å². The number of rotatable bonds is 4. The van der Waals surface area contributed by atoms with Crippen LogP contribution in [-0.2, 0) is 20.6 Å².